The van der Waals surface area contributed by atoms with E-state index in [9.17, 15) is 14.4 Å². The van der Waals surface area contributed by atoms with Gasteiger partial charge in [0.25, 0.3) is 0 Å². The average Bonchev–Trinajstić information content (AvgIpc) is 2.77. The molecule has 0 unspecified atom stereocenters. The third kappa shape index (κ3) is 27.4. The average molecular weight is 439 g/mol. The van der Waals surface area contributed by atoms with Gasteiger partial charge in [-0.2, -0.15) is 0 Å². The van der Waals surface area contributed by atoms with Crippen molar-refractivity contribution in [1.82, 2.24) is 0 Å². The summed E-state index contributed by atoms with van der Waals surface area (Å²) in [6, 6.07) is 0. The Kier molecular flexibility index (Phi) is 27.1. The number of hydrogen-bond donors (Lipinski definition) is 0. The minimum Gasteiger partial charge on any atom is -0.463 e. The van der Waals surface area contributed by atoms with Gasteiger partial charge in [0.1, 0.15) is 6.61 Å². The van der Waals surface area contributed by atoms with Crippen LogP contribution in [0, 0.1) is 0 Å². The molecule has 6 nitrogen and oxygen atoms in total. The molecule has 0 N–H and O–H groups in total. The highest BCUT2D eigenvalue weighted by atomic mass is 16.5. The Morgan fingerprint density at radius 1 is 0.774 bits per heavy atom. The summed E-state index contributed by atoms with van der Waals surface area (Å²) < 4.78 is 14.3. The summed E-state index contributed by atoms with van der Waals surface area (Å²) >= 11 is 0. The van der Waals surface area contributed by atoms with Gasteiger partial charge in [0.15, 0.2) is 0 Å². The van der Waals surface area contributed by atoms with Crippen molar-refractivity contribution >= 4 is 17.9 Å². The Balaban J connectivity index is -0.000000390. The van der Waals surface area contributed by atoms with Crippen LogP contribution in [0.25, 0.3) is 0 Å². The number of carbonyl (C=O) groups excluding carboxylic acids is 3. The molecule has 31 heavy (non-hydrogen) atoms. The molecule has 0 radical (unpaired) electrons. The number of esters is 3. The number of unbranched alkanes of at least 4 members (excludes halogenated alkanes) is 4. The zero-order chi connectivity index (χ0) is 24.5. The van der Waals surface area contributed by atoms with Crippen LogP contribution in [0.5, 0.6) is 0 Å². The van der Waals surface area contributed by atoms with Crippen molar-refractivity contribution < 1.29 is 28.6 Å². The monoisotopic (exact) mass is 438 g/mol. The fourth-order valence-corrected chi connectivity index (χ4v) is 1.57. The number of carbonyl (C=O) groups is 3. The van der Waals surface area contributed by atoms with E-state index in [4.69, 9.17) is 4.74 Å². The molecule has 0 aliphatic heterocycles. The first-order chi connectivity index (χ1) is 14.7. The van der Waals surface area contributed by atoms with Gasteiger partial charge in [0, 0.05) is 17.2 Å². The molecule has 0 aromatic carbocycles. The molecule has 0 aromatic heterocycles. The van der Waals surface area contributed by atoms with Gasteiger partial charge in [-0.25, -0.2) is 14.4 Å². The summed E-state index contributed by atoms with van der Waals surface area (Å²) in [4.78, 5) is 32.0. The maximum absolute atomic E-state index is 11.1. The van der Waals surface area contributed by atoms with Crippen LogP contribution in [0.3, 0.4) is 0 Å². The van der Waals surface area contributed by atoms with Crippen LogP contribution in [0.2, 0.25) is 0 Å². The predicted octanol–water partition coefficient (Wildman–Crippen LogP) is 5.88. The second kappa shape index (κ2) is 25.4. The molecule has 0 atom stereocenters. The van der Waals surface area contributed by atoms with Gasteiger partial charge >= 0.3 is 17.9 Å². The van der Waals surface area contributed by atoms with Gasteiger partial charge in [-0.15, -0.1) is 0 Å². The lowest BCUT2D eigenvalue weighted by Gasteiger charge is -2.04. The largest absolute Gasteiger partial charge is 0.463 e. The van der Waals surface area contributed by atoms with Crippen molar-refractivity contribution in [3.8, 4) is 0 Å². The molecule has 6 heteroatoms. The molecular formula is C25H42O6. The van der Waals surface area contributed by atoms with E-state index >= 15 is 0 Å². The summed E-state index contributed by atoms with van der Waals surface area (Å²) in [5.74, 6) is -0.933. The van der Waals surface area contributed by atoms with E-state index in [2.05, 4.69) is 42.7 Å². The first-order valence-electron chi connectivity index (χ1n) is 10.8. The Hall–Kier alpha value is -2.63. The highest BCUT2D eigenvalue weighted by Crippen LogP contribution is 2.03. The van der Waals surface area contributed by atoms with Crippen molar-refractivity contribution in [2.75, 3.05) is 19.8 Å². The maximum atomic E-state index is 11.1. The van der Waals surface area contributed by atoms with Crippen LogP contribution in [0.4, 0.5) is 0 Å². The summed E-state index contributed by atoms with van der Waals surface area (Å²) in [7, 11) is 0. The van der Waals surface area contributed by atoms with Gasteiger partial charge in [-0.3, -0.25) is 0 Å². The number of ether oxygens (including phenoxy) is 3. The Labute approximate surface area is 189 Å². The number of rotatable bonds is 14. The highest BCUT2D eigenvalue weighted by Gasteiger charge is 2.04. The summed E-state index contributed by atoms with van der Waals surface area (Å²) in [5.41, 5.74) is 0.979. The smallest absolute Gasteiger partial charge is 0.333 e. The van der Waals surface area contributed by atoms with Gasteiger partial charge in [-0.05, 0) is 26.2 Å². The Morgan fingerprint density at radius 3 is 1.81 bits per heavy atom. The van der Waals surface area contributed by atoms with Crippen LogP contribution >= 0.6 is 0 Å². The Morgan fingerprint density at radius 2 is 1.35 bits per heavy atom. The predicted molar refractivity (Wildman–Crippen MR) is 127 cm³/mol. The van der Waals surface area contributed by atoms with Crippen molar-refractivity contribution in [1.29, 1.82) is 0 Å². The van der Waals surface area contributed by atoms with Crippen LogP contribution in [0.1, 0.15) is 72.6 Å². The lowest BCUT2D eigenvalue weighted by Crippen LogP contribution is -2.07. The summed E-state index contributed by atoms with van der Waals surface area (Å²) in [5, 5.41) is 0. The molecule has 0 spiro atoms. The van der Waals surface area contributed by atoms with Crippen molar-refractivity contribution in [2.24, 2.45) is 0 Å². The summed E-state index contributed by atoms with van der Waals surface area (Å²) in [6.45, 7) is 22.7. The minimum absolute atomic E-state index is 0.237. The van der Waals surface area contributed by atoms with Crippen molar-refractivity contribution in [3.63, 3.8) is 0 Å². The minimum atomic E-state index is -0.366. The zero-order valence-electron chi connectivity index (χ0n) is 20.0. The fraction of sp³-hybridized carbons (Fsp3) is 0.560. The van der Waals surface area contributed by atoms with E-state index in [0.29, 0.717) is 30.8 Å². The van der Waals surface area contributed by atoms with Gasteiger partial charge < -0.3 is 14.2 Å². The third-order valence-corrected chi connectivity index (χ3v) is 3.54. The van der Waals surface area contributed by atoms with Crippen LogP contribution in [0.15, 0.2) is 49.6 Å². The lowest BCUT2D eigenvalue weighted by atomic mass is 10.2. The molecule has 0 saturated carbocycles. The molecule has 0 rings (SSSR count). The van der Waals surface area contributed by atoms with Crippen LogP contribution in [-0.4, -0.2) is 37.7 Å². The normalized spacial score (nSPS) is 8.90. The molecule has 0 heterocycles. The van der Waals surface area contributed by atoms with E-state index in [0.717, 1.165) is 25.7 Å². The van der Waals surface area contributed by atoms with E-state index in [1.54, 1.807) is 6.92 Å². The van der Waals surface area contributed by atoms with Gasteiger partial charge in [0.2, 0.25) is 0 Å². The van der Waals surface area contributed by atoms with E-state index < -0.39 is 0 Å². The van der Waals surface area contributed by atoms with E-state index in [1.165, 1.54) is 25.0 Å². The second-order valence-corrected chi connectivity index (χ2v) is 6.55. The third-order valence-electron chi connectivity index (χ3n) is 3.54. The van der Waals surface area contributed by atoms with E-state index in [-0.39, 0.29) is 24.5 Å². The topological polar surface area (TPSA) is 78.9 Å². The standard InChI is InChI=1S/C11H20O2.C7H10O2.C7H12O2/c1-4-6-7-8-9-13-11(12)10(3)5-2;1-4-5-9-7(8)6(2)3;1-3-5-6-9-7(8)4-2/h3-9H2,1-2H3;4H,1-2,5H2,3H3;4H,2-3,5-6H2,1H3. The first kappa shape index (κ1) is 33.0. The molecule has 0 amide bonds. The van der Waals surface area contributed by atoms with Gasteiger partial charge in [0.05, 0.1) is 13.2 Å². The molecule has 0 saturated heterocycles. The zero-order valence-corrected chi connectivity index (χ0v) is 20.0. The molecule has 0 bridgehead atoms. The molecular weight excluding hydrogens is 396 g/mol. The first-order valence-corrected chi connectivity index (χ1v) is 10.8. The van der Waals surface area contributed by atoms with Gasteiger partial charge in [-0.1, -0.05) is 78.8 Å². The maximum Gasteiger partial charge on any atom is 0.333 e. The van der Waals surface area contributed by atoms with Crippen molar-refractivity contribution in [3.05, 3.63) is 49.6 Å². The van der Waals surface area contributed by atoms with Crippen molar-refractivity contribution in [2.45, 2.75) is 72.6 Å². The Bertz CT molecular complexity index is 548. The summed E-state index contributed by atoms with van der Waals surface area (Å²) in [6.07, 6.45) is 9.87. The molecule has 0 aromatic rings. The fourth-order valence-electron chi connectivity index (χ4n) is 1.57. The van der Waals surface area contributed by atoms with Crippen LogP contribution < -0.4 is 0 Å². The molecule has 0 fully saturated rings. The van der Waals surface area contributed by atoms with E-state index in [1.807, 2.05) is 13.8 Å². The lowest BCUT2D eigenvalue weighted by molar-refractivity contribution is -0.139. The second-order valence-electron chi connectivity index (χ2n) is 6.55. The SMILES string of the molecule is C=C(CC)C(=O)OCCCCCC.C=CC(=O)OCCCC.C=CCOC(=O)C(=C)C. The molecule has 178 valence electrons. The molecule has 0 aliphatic rings. The molecule has 0 aliphatic carbocycles. The van der Waals surface area contributed by atoms with Crippen LogP contribution in [-0.2, 0) is 28.6 Å². The number of hydrogen-bond acceptors (Lipinski definition) is 6. The highest BCUT2D eigenvalue weighted by molar-refractivity contribution is 5.87. The quantitative estimate of drug-likeness (QED) is 0.111.